The molecule has 0 aromatic carbocycles. The van der Waals surface area contributed by atoms with E-state index < -0.39 is 31.6 Å². The Balaban J connectivity index is 2.19. The summed E-state index contributed by atoms with van der Waals surface area (Å²) in [4.78, 5) is 39.3. The number of aromatic nitrogens is 4. The van der Waals surface area contributed by atoms with Crippen LogP contribution in [0.3, 0.4) is 0 Å². The first-order valence-corrected chi connectivity index (χ1v) is 7.79. The van der Waals surface area contributed by atoms with Gasteiger partial charge in [-0.2, -0.15) is 13.2 Å². The highest BCUT2D eigenvalue weighted by molar-refractivity contribution is 7.51. The average molecular weight is 354 g/mol. The number of carbonyl (C=O) groups is 1. The van der Waals surface area contributed by atoms with Crippen molar-refractivity contribution in [2.75, 3.05) is 13.0 Å². The summed E-state index contributed by atoms with van der Waals surface area (Å²) >= 11 is 0. The van der Waals surface area contributed by atoms with Crippen molar-refractivity contribution in [1.29, 1.82) is 0 Å². The minimum atomic E-state index is -5.09. The van der Waals surface area contributed by atoms with Crippen molar-refractivity contribution >= 4 is 24.5 Å². The number of carbonyl (C=O) groups excluding carboxylic acids is 1. The second-order valence-electron chi connectivity index (χ2n) is 4.36. The van der Waals surface area contributed by atoms with Crippen LogP contribution in [0, 0.1) is 0 Å². The molecule has 9 nitrogen and oxygen atoms in total. The van der Waals surface area contributed by atoms with Gasteiger partial charge in [0.2, 0.25) is 0 Å². The molecule has 0 bridgehead atoms. The van der Waals surface area contributed by atoms with Gasteiger partial charge in [0, 0.05) is 6.54 Å². The fourth-order valence-corrected chi connectivity index (χ4v) is 2.06. The third-order valence-electron chi connectivity index (χ3n) is 2.61. The predicted octanol–water partition coefficient (Wildman–Crippen LogP) is 0.723. The fraction of sp³-hybridized carbons (Fsp3) is 0.400. The molecule has 0 aliphatic carbocycles. The first kappa shape index (κ1) is 17.5. The van der Waals surface area contributed by atoms with Crippen molar-refractivity contribution in [3.05, 3.63) is 18.3 Å². The zero-order valence-electron chi connectivity index (χ0n) is 11.3. The molecule has 0 aliphatic heterocycles. The molecule has 2 heterocycles. The van der Waals surface area contributed by atoms with Crippen molar-refractivity contribution in [1.82, 2.24) is 19.5 Å². The van der Waals surface area contributed by atoms with E-state index in [2.05, 4.69) is 15.0 Å². The van der Waals surface area contributed by atoms with Gasteiger partial charge in [-0.05, 0) is 0 Å². The maximum atomic E-state index is 12.5. The van der Waals surface area contributed by atoms with Crippen LogP contribution in [0.5, 0.6) is 0 Å². The number of Topliss-reactive ketones (excluding diaryl/α,β-unsaturated/α-hetero) is 1. The Morgan fingerprint density at radius 2 is 2.00 bits per heavy atom. The Morgan fingerprint density at radius 1 is 1.30 bits per heavy atom. The van der Waals surface area contributed by atoms with Gasteiger partial charge in [-0.1, -0.05) is 0 Å². The number of nitrogens with zero attached hydrogens (tertiary/aromatic N) is 4. The molecule has 0 spiro atoms. The number of ketones is 1. The molecule has 0 fully saturated rings. The summed E-state index contributed by atoms with van der Waals surface area (Å²) in [5, 5.41) is 0. The molecule has 0 saturated carbocycles. The standard InChI is InChI=1S/C10H10F3N4O5P/c11-10(12,13)8(18)6-7-9(15-3-14-6)17(4-16-7)1-2-22-5-23(19,20)21/h3-4H,1-2,5H2,(H2,19,20,21). The Morgan fingerprint density at radius 3 is 2.61 bits per heavy atom. The third-order valence-corrected chi connectivity index (χ3v) is 3.13. The summed E-state index contributed by atoms with van der Waals surface area (Å²) in [6.45, 7) is -0.115. The van der Waals surface area contributed by atoms with E-state index in [-0.39, 0.29) is 24.3 Å². The molecule has 0 saturated heterocycles. The Kier molecular flexibility index (Phi) is 4.80. The van der Waals surface area contributed by atoms with Crippen LogP contribution in [0.15, 0.2) is 12.7 Å². The monoisotopic (exact) mass is 354 g/mol. The van der Waals surface area contributed by atoms with Crippen molar-refractivity contribution in [3.8, 4) is 0 Å². The first-order chi connectivity index (χ1) is 10.6. The maximum absolute atomic E-state index is 12.5. The number of alkyl halides is 3. The van der Waals surface area contributed by atoms with Crippen LogP contribution in [-0.4, -0.2) is 54.2 Å². The second kappa shape index (κ2) is 6.32. The van der Waals surface area contributed by atoms with E-state index in [1.807, 2.05) is 0 Å². The van der Waals surface area contributed by atoms with E-state index >= 15 is 0 Å². The minimum absolute atomic E-state index is 0.0209. The van der Waals surface area contributed by atoms with E-state index in [0.29, 0.717) is 0 Å². The number of fused-ring (bicyclic) bond motifs is 1. The highest BCUT2D eigenvalue weighted by Gasteiger charge is 2.41. The number of imidazole rings is 1. The summed E-state index contributed by atoms with van der Waals surface area (Å²) in [5.41, 5.74) is -1.20. The SMILES string of the molecule is O=C(c1ncnc2c1ncn2CCOCP(=O)(O)O)C(F)(F)F. The molecule has 23 heavy (non-hydrogen) atoms. The molecule has 2 aromatic rings. The lowest BCUT2D eigenvalue weighted by atomic mass is 10.2. The lowest BCUT2D eigenvalue weighted by Gasteiger charge is -2.07. The number of rotatable bonds is 6. The van der Waals surface area contributed by atoms with E-state index in [0.717, 1.165) is 12.7 Å². The van der Waals surface area contributed by atoms with Crippen molar-refractivity contribution < 1.29 is 37.1 Å². The lowest BCUT2D eigenvalue weighted by Crippen LogP contribution is -2.24. The molecular weight excluding hydrogens is 344 g/mol. The normalized spacial score (nSPS) is 12.7. The number of hydrogen-bond acceptors (Lipinski definition) is 6. The summed E-state index contributed by atoms with van der Waals surface area (Å²) in [5.74, 6) is -2.13. The summed E-state index contributed by atoms with van der Waals surface area (Å²) < 4.78 is 54.1. The highest BCUT2D eigenvalue weighted by atomic mass is 31.2. The van der Waals surface area contributed by atoms with Gasteiger partial charge >= 0.3 is 13.8 Å². The summed E-state index contributed by atoms with van der Waals surface area (Å²) in [6.07, 6.45) is -3.94. The van der Waals surface area contributed by atoms with Crippen molar-refractivity contribution in [2.24, 2.45) is 0 Å². The highest BCUT2D eigenvalue weighted by Crippen LogP contribution is 2.33. The van der Waals surface area contributed by atoms with E-state index in [1.165, 1.54) is 4.57 Å². The van der Waals surface area contributed by atoms with Gasteiger partial charge in [-0.25, -0.2) is 15.0 Å². The zero-order chi connectivity index (χ0) is 17.3. The Bertz CT molecular complexity index is 771. The molecule has 2 rings (SSSR count). The minimum Gasteiger partial charge on any atom is -0.367 e. The molecule has 0 atom stereocenters. The quantitative estimate of drug-likeness (QED) is 0.441. The Labute approximate surface area is 126 Å². The zero-order valence-corrected chi connectivity index (χ0v) is 12.2. The van der Waals surface area contributed by atoms with Gasteiger partial charge in [-0.3, -0.25) is 9.36 Å². The van der Waals surface area contributed by atoms with Gasteiger partial charge in [-0.15, -0.1) is 0 Å². The van der Waals surface area contributed by atoms with Gasteiger partial charge in [0.15, 0.2) is 5.65 Å². The van der Waals surface area contributed by atoms with Crippen molar-refractivity contribution in [3.63, 3.8) is 0 Å². The molecule has 0 amide bonds. The summed E-state index contributed by atoms with van der Waals surface area (Å²) in [6, 6.07) is 0. The molecular formula is C10H10F3N4O5P. The van der Waals surface area contributed by atoms with Crippen LogP contribution >= 0.6 is 7.60 Å². The fourth-order valence-electron chi connectivity index (χ4n) is 1.69. The molecule has 13 heteroatoms. The lowest BCUT2D eigenvalue weighted by molar-refractivity contribution is -0.0887. The van der Waals surface area contributed by atoms with E-state index in [9.17, 15) is 22.5 Å². The predicted molar refractivity (Wildman–Crippen MR) is 68.6 cm³/mol. The second-order valence-corrected chi connectivity index (χ2v) is 5.95. The van der Waals surface area contributed by atoms with E-state index in [4.69, 9.17) is 14.5 Å². The smallest absolute Gasteiger partial charge is 0.367 e. The molecule has 0 radical (unpaired) electrons. The first-order valence-electron chi connectivity index (χ1n) is 5.99. The molecule has 0 aliphatic rings. The largest absolute Gasteiger partial charge is 0.456 e. The number of hydrogen-bond donors (Lipinski definition) is 2. The van der Waals surface area contributed by atoms with Gasteiger partial charge in [0.1, 0.15) is 23.9 Å². The molecule has 2 N–H and O–H groups in total. The van der Waals surface area contributed by atoms with Crippen molar-refractivity contribution in [2.45, 2.75) is 12.7 Å². The van der Waals surface area contributed by atoms with Gasteiger partial charge in [0.05, 0.1) is 12.9 Å². The number of ether oxygens (including phenoxy) is 1. The van der Waals surface area contributed by atoms with Gasteiger partial charge in [0.25, 0.3) is 5.78 Å². The number of halogens is 3. The summed E-state index contributed by atoms with van der Waals surface area (Å²) in [7, 11) is -4.30. The van der Waals surface area contributed by atoms with Crippen LogP contribution in [0.2, 0.25) is 0 Å². The van der Waals surface area contributed by atoms with Crippen LogP contribution in [0.4, 0.5) is 13.2 Å². The third kappa shape index (κ3) is 4.32. The van der Waals surface area contributed by atoms with Crippen LogP contribution in [0.1, 0.15) is 10.5 Å². The van der Waals surface area contributed by atoms with E-state index in [1.54, 1.807) is 0 Å². The molecule has 0 unspecified atom stereocenters. The van der Waals surface area contributed by atoms with Gasteiger partial charge < -0.3 is 19.1 Å². The molecule has 126 valence electrons. The average Bonchev–Trinajstić information content (AvgIpc) is 2.84. The Hall–Kier alpha value is -1.88. The maximum Gasteiger partial charge on any atom is 0.456 e. The topological polar surface area (TPSA) is 127 Å². The van der Waals surface area contributed by atoms with Crippen LogP contribution < -0.4 is 0 Å². The van der Waals surface area contributed by atoms with Crippen LogP contribution in [-0.2, 0) is 15.8 Å². The molecule has 2 aromatic heterocycles. The van der Waals surface area contributed by atoms with Crippen LogP contribution in [0.25, 0.3) is 11.2 Å².